The van der Waals surface area contributed by atoms with Crippen LogP contribution in [0.25, 0.3) is 0 Å². The maximum Gasteiger partial charge on any atom is 1.00 e. The van der Waals surface area contributed by atoms with E-state index in [4.69, 9.17) is 0 Å². The fraction of sp³-hybridized carbons (Fsp3) is 1.00. The molecule has 0 aromatic carbocycles. The molecule has 0 amide bonds. The standard InChI is InChI=1S/C20H42O4S.K/c1-3-4-5-6-7-11-14-17-20(25(22,23)24)18-15-12-9-8-10-13-16-19(2)21;/h19-21H,3-18H2,1-2H3,(H,22,23,24);/q;+1/p-1. The maximum absolute atomic E-state index is 11.4. The molecular formula is C20H41KO4S. The Kier molecular flexibility index (Phi) is 22.6. The van der Waals surface area contributed by atoms with E-state index < -0.39 is 15.4 Å². The fourth-order valence-corrected chi connectivity index (χ4v) is 4.19. The zero-order valence-corrected chi connectivity index (χ0v) is 21.5. The zero-order valence-electron chi connectivity index (χ0n) is 17.5. The van der Waals surface area contributed by atoms with Crippen molar-refractivity contribution in [1.29, 1.82) is 0 Å². The molecule has 0 saturated heterocycles. The summed E-state index contributed by atoms with van der Waals surface area (Å²) < 4.78 is 34.3. The first-order valence-corrected chi connectivity index (χ1v) is 12.0. The summed E-state index contributed by atoms with van der Waals surface area (Å²) in [5, 5.41) is 8.50. The number of hydrogen-bond donors (Lipinski definition) is 1. The number of hydrogen-bond acceptors (Lipinski definition) is 4. The summed E-state index contributed by atoms with van der Waals surface area (Å²) in [6, 6.07) is 0. The first kappa shape index (κ1) is 29.7. The molecule has 0 bridgehead atoms. The number of aliphatic hydroxyl groups excluding tert-OH is 1. The fourth-order valence-electron chi connectivity index (χ4n) is 3.28. The van der Waals surface area contributed by atoms with Gasteiger partial charge in [-0.25, -0.2) is 8.42 Å². The summed E-state index contributed by atoms with van der Waals surface area (Å²) >= 11 is 0. The SMILES string of the molecule is CCCCCCCCCC(CCCCCCCCC(C)O)S(=O)(=O)[O-].[K+]. The van der Waals surface area contributed by atoms with Crippen molar-refractivity contribution >= 4 is 10.1 Å². The molecule has 4 nitrogen and oxygen atoms in total. The third-order valence-electron chi connectivity index (χ3n) is 4.94. The van der Waals surface area contributed by atoms with Crippen molar-refractivity contribution in [3.63, 3.8) is 0 Å². The van der Waals surface area contributed by atoms with Crippen LogP contribution in [0, 0.1) is 0 Å². The summed E-state index contributed by atoms with van der Waals surface area (Å²) in [5.41, 5.74) is 0. The van der Waals surface area contributed by atoms with Crippen LogP contribution < -0.4 is 51.4 Å². The molecule has 0 saturated carbocycles. The van der Waals surface area contributed by atoms with Crippen molar-refractivity contribution in [2.45, 2.75) is 128 Å². The molecule has 0 fully saturated rings. The van der Waals surface area contributed by atoms with Crippen LogP contribution in [-0.4, -0.2) is 29.4 Å². The van der Waals surface area contributed by atoms with Crippen molar-refractivity contribution in [2.24, 2.45) is 0 Å². The summed E-state index contributed by atoms with van der Waals surface area (Å²) in [4.78, 5) is 0. The first-order valence-electron chi connectivity index (χ1n) is 10.5. The number of aliphatic hydroxyl groups is 1. The van der Waals surface area contributed by atoms with E-state index in [0.717, 1.165) is 64.2 Å². The smallest absolute Gasteiger partial charge is 0.748 e. The van der Waals surface area contributed by atoms with Gasteiger partial charge in [-0.15, -0.1) is 0 Å². The van der Waals surface area contributed by atoms with E-state index in [0.29, 0.717) is 12.8 Å². The Morgan fingerprint density at radius 3 is 1.42 bits per heavy atom. The monoisotopic (exact) mass is 416 g/mol. The molecule has 0 aliphatic carbocycles. The van der Waals surface area contributed by atoms with Crippen LogP contribution >= 0.6 is 0 Å². The molecule has 26 heavy (non-hydrogen) atoms. The predicted molar refractivity (Wildman–Crippen MR) is 105 cm³/mol. The Hall–Kier alpha value is 1.51. The van der Waals surface area contributed by atoms with Crippen molar-refractivity contribution < 1.29 is 69.5 Å². The van der Waals surface area contributed by atoms with Gasteiger partial charge in [0.05, 0.1) is 16.2 Å². The van der Waals surface area contributed by atoms with E-state index in [-0.39, 0.29) is 57.5 Å². The molecule has 0 radical (unpaired) electrons. The van der Waals surface area contributed by atoms with Gasteiger partial charge in [-0.2, -0.15) is 0 Å². The van der Waals surface area contributed by atoms with Crippen molar-refractivity contribution in [3.05, 3.63) is 0 Å². The summed E-state index contributed by atoms with van der Waals surface area (Å²) in [6.45, 7) is 4.01. The second-order valence-electron chi connectivity index (χ2n) is 7.57. The van der Waals surface area contributed by atoms with Gasteiger partial charge < -0.3 is 9.66 Å². The van der Waals surface area contributed by atoms with Gasteiger partial charge in [-0.05, 0) is 26.2 Å². The largest absolute Gasteiger partial charge is 1.00 e. The molecule has 0 aliphatic rings. The third-order valence-corrected chi connectivity index (χ3v) is 6.22. The van der Waals surface area contributed by atoms with Crippen LogP contribution in [0.3, 0.4) is 0 Å². The predicted octanol–water partition coefficient (Wildman–Crippen LogP) is 2.55. The normalized spacial score (nSPS) is 14.0. The van der Waals surface area contributed by atoms with E-state index >= 15 is 0 Å². The van der Waals surface area contributed by atoms with E-state index in [1.807, 2.05) is 6.92 Å². The molecule has 0 aromatic heterocycles. The van der Waals surface area contributed by atoms with Crippen molar-refractivity contribution in [1.82, 2.24) is 0 Å². The van der Waals surface area contributed by atoms with E-state index in [1.54, 1.807) is 0 Å². The van der Waals surface area contributed by atoms with Gasteiger partial charge in [0, 0.05) is 5.25 Å². The molecule has 0 spiro atoms. The van der Waals surface area contributed by atoms with Gasteiger partial charge in [-0.1, -0.05) is 90.4 Å². The topological polar surface area (TPSA) is 77.4 Å². The molecule has 0 rings (SSSR count). The average Bonchev–Trinajstić information content (AvgIpc) is 2.53. The summed E-state index contributed by atoms with van der Waals surface area (Å²) in [7, 11) is -4.15. The van der Waals surface area contributed by atoms with Gasteiger partial charge in [-0.3, -0.25) is 0 Å². The summed E-state index contributed by atoms with van der Waals surface area (Å²) in [6.07, 6.45) is 15.9. The minimum atomic E-state index is -4.15. The number of unbranched alkanes of at least 4 members (excludes halogenated alkanes) is 11. The Balaban J connectivity index is 0. The van der Waals surface area contributed by atoms with Crippen LogP contribution in [0.15, 0.2) is 0 Å². The zero-order chi connectivity index (χ0) is 19.0. The quantitative estimate of drug-likeness (QED) is 0.212. The molecule has 0 heterocycles. The molecule has 152 valence electrons. The van der Waals surface area contributed by atoms with Crippen LogP contribution in [0.5, 0.6) is 0 Å². The van der Waals surface area contributed by atoms with E-state index in [1.165, 1.54) is 25.7 Å². The molecule has 1 N–H and O–H groups in total. The molecule has 2 unspecified atom stereocenters. The van der Waals surface area contributed by atoms with E-state index in [9.17, 15) is 18.1 Å². The minimum absolute atomic E-state index is 0. The second-order valence-corrected chi connectivity index (χ2v) is 9.22. The van der Waals surface area contributed by atoms with Crippen LogP contribution in [0.1, 0.15) is 117 Å². The van der Waals surface area contributed by atoms with Gasteiger partial charge >= 0.3 is 51.4 Å². The molecular weight excluding hydrogens is 375 g/mol. The molecule has 0 aromatic rings. The van der Waals surface area contributed by atoms with Crippen LogP contribution in [0.4, 0.5) is 0 Å². The van der Waals surface area contributed by atoms with Crippen LogP contribution in [-0.2, 0) is 10.1 Å². The van der Waals surface area contributed by atoms with Crippen molar-refractivity contribution in [2.75, 3.05) is 0 Å². The third kappa shape index (κ3) is 20.2. The second kappa shape index (κ2) is 19.8. The Morgan fingerprint density at radius 2 is 1.08 bits per heavy atom. The average molecular weight is 417 g/mol. The molecule has 0 aliphatic heterocycles. The van der Waals surface area contributed by atoms with Gasteiger partial charge in [0.1, 0.15) is 0 Å². The summed E-state index contributed by atoms with van der Waals surface area (Å²) in [5.74, 6) is 0. The van der Waals surface area contributed by atoms with Crippen molar-refractivity contribution in [3.8, 4) is 0 Å². The Morgan fingerprint density at radius 1 is 0.731 bits per heavy atom. The minimum Gasteiger partial charge on any atom is -0.748 e. The Bertz CT molecular complexity index is 385. The van der Waals surface area contributed by atoms with Crippen LogP contribution in [0.2, 0.25) is 0 Å². The van der Waals surface area contributed by atoms with Gasteiger partial charge in [0.15, 0.2) is 0 Å². The first-order chi connectivity index (χ1) is 11.9. The molecule has 6 heteroatoms. The Labute approximate surface area is 205 Å². The van der Waals surface area contributed by atoms with E-state index in [2.05, 4.69) is 6.92 Å². The maximum atomic E-state index is 11.4. The molecule has 2 atom stereocenters. The number of rotatable bonds is 18. The van der Waals surface area contributed by atoms with Gasteiger partial charge in [0.2, 0.25) is 0 Å². The van der Waals surface area contributed by atoms with Gasteiger partial charge in [0.25, 0.3) is 0 Å².